The number of carbonyl (C=O) groups excluding carboxylic acids is 2. The van der Waals surface area contributed by atoms with Gasteiger partial charge in [-0.05, 0) is 31.4 Å². The molecule has 8 nitrogen and oxygen atoms in total. The molecule has 4 rings (SSSR count). The maximum atomic E-state index is 12.7. The number of nitrogens with zero attached hydrogens (tertiary/aromatic N) is 5. The predicted molar refractivity (Wildman–Crippen MR) is 103 cm³/mol. The number of likely N-dealkylation sites (tertiary alicyclic amines) is 1. The highest BCUT2D eigenvalue weighted by Crippen LogP contribution is 2.32. The third kappa shape index (κ3) is 4.06. The zero-order valence-corrected chi connectivity index (χ0v) is 15.9. The van der Waals surface area contributed by atoms with Crippen molar-refractivity contribution in [2.75, 3.05) is 31.1 Å². The van der Waals surface area contributed by atoms with Crippen LogP contribution in [0.1, 0.15) is 25.7 Å². The first-order chi connectivity index (χ1) is 13.7. The average Bonchev–Trinajstić information content (AvgIpc) is 3.24. The van der Waals surface area contributed by atoms with E-state index in [4.69, 9.17) is 4.74 Å². The molecule has 28 heavy (non-hydrogen) atoms. The minimum atomic E-state index is -0.483. The van der Waals surface area contributed by atoms with Gasteiger partial charge in [0.15, 0.2) is 0 Å². The van der Waals surface area contributed by atoms with Crippen LogP contribution >= 0.6 is 0 Å². The van der Waals surface area contributed by atoms with Gasteiger partial charge in [-0.2, -0.15) is 5.10 Å². The van der Waals surface area contributed by atoms with E-state index >= 15 is 0 Å². The number of rotatable bonds is 5. The third-order valence-corrected chi connectivity index (χ3v) is 5.45. The number of para-hydroxylation sites is 1. The van der Waals surface area contributed by atoms with E-state index in [0.717, 1.165) is 31.5 Å². The summed E-state index contributed by atoms with van der Waals surface area (Å²) in [7, 11) is 0. The monoisotopic (exact) mass is 383 g/mol. The van der Waals surface area contributed by atoms with Crippen LogP contribution in [0.25, 0.3) is 0 Å². The van der Waals surface area contributed by atoms with Gasteiger partial charge < -0.3 is 14.5 Å². The second-order valence-corrected chi connectivity index (χ2v) is 7.47. The van der Waals surface area contributed by atoms with Crippen molar-refractivity contribution in [1.82, 2.24) is 19.7 Å². The summed E-state index contributed by atoms with van der Waals surface area (Å²) in [6, 6.07) is 9.66. The number of carbonyl (C=O) groups is 2. The molecule has 0 radical (unpaired) electrons. The normalized spacial score (nSPS) is 22.6. The standard InChI is InChI=1S/C20H25N5O3/c26-18(8-4-11-24-16-21-15-22-24)23-10-5-9-20(13-23)14-25(19(27)12-28-20)17-6-2-1-3-7-17/h1-3,6-7,15-16H,4-5,8-14H2. The molecule has 1 spiro atoms. The van der Waals surface area contributed by atoms with Gasteiger partial charge in [0.2, 0.25) is 5.91 Å². The van der Waals surface area contributed by atoms with E-state index in [1.807, 2.05) is 35.2 Å². The van der Waals surface area contributed by atoms with Gasteiger partial charge >= 0.3 is 0 Å². The minimum Gasteiger partial charge on any atom is -0.361 e. The van der Waals surface area contributed by atoms with Crippen molar-refractivity contribution in [2.45, 2.75) is 37.8 Å². The van der Waals surface area contributed by atoms with Gasteiger partial charge in [0.1, 0.15) is 24.9 Å². The summed E-state index contributed by atoms with van der Waals surface area (Å²) in [4.78, 5) is 32.7. The van der Waals surface area contributed by atoms with Gasteiger partial charge in [-0.1, -0.05) is 18.2 Å². The van der Waals surface area contributed by atoms with E-state index in [-0.39, 0.29) is 18.4 Å². The number of aryl methyl sites for hydroxylation is 1. The van der Waals surface area contributed by atoms with E-state index in [1.165, 1.54) is 6.33 Å². The molecule has 1 atom stereocenters. The molecule has 0 saturated carbocycles. The molecular weight excluding hydrogens is 358 g/mol. The van der Waals surface area contributed by atoms with Crippen molar-refractivity contribution in [2.24, 2.45) is 0 Å². The maximum absolute atomic E-state index is 12.7. The van der Waals surface area contributed by atoms with Crippen LogP contribution in [0.4, 0.5) is 5.69 Å². The summed E-state index contributed by atoms with van der Waals surface area (Å²) in [5.74, 6) is 0.0964. The number of piperidine rings is 1. The lowest BCUT2D eigenvalue weighted by Gasteiger charge is -2.47. The van der Waals surface area contributed by atoms with Gasteiger partial charge in [-0.25, -0.2) is 4.98 Å². The summed E-state index contributed by atoms with van der Waals surface area (Å²) in [6.45, 7) is 2.50. The molecule has 0 aliphatic carbocycles. The Balaban J connectivity index is 1.38. The van der Waals surface area contributed by atoms with Crippen LogP contribution in [0, 0.1) is 0 Å². The highest BCUT2D eigenvalue weighted by Gasteiger charge is 2.44. The van der Waals surface area contributed by atoms with Crippen molar-refractivity contribution in [3.8, 4) is 0 Å². The van der Waals surface area contributed by atoms with Gasteiger partial charge in [-0.3, -0.25) is 14.3 Å². The number of ether oxygens (including phenoxy) is 1. The molecule has 3 heterocycles. The average molecular weight is 383 g/mol. The van der Waals surface area contributed by atoms with E-state index in [2.05, 4.69) is 10.1 Å². The summed E-state index contributed by atoms with van der Waals surface area (Å²) < 4.78 is 7.74. The van der Waals surface area contributed by atoms with Crippen molar-refractivity contribution >= 4 is 17.5 Å². The lowest BCUT2D eigenvalue weighted by atomic mass is 9.90. The van der Waals surface area contributed by atoms with Gasteiger partial charge in [-0.15, -0.1) is 0 Å². The zero-order valence-electron chi connectivity index (χ0n) is 15.9. The molecule has 2 aliphatic rings. The van der Waals surface area contributed by atoms with Crippen LogP contribution in [0.5, 0.6) is 0 Å². The van der Waals surface area contributed by atoms with Crippen molar-refractivity contribution in [1.29, 1.82) is 0 Å². The molecule has 2 fully saturated rings. The Kier molecular flexibility index (Phi) is 5.38. The van der Waals surface area contributed by atoms with Crippen molar-refractivity contribution in [3.05, 3.63) is 43.0 Å². The fourth-order valence-electron chi connectivity index (χ4n) is 4.01. The third-order valence-electron chi connectivity index (χ3n) is 5.45. The number of hydrogen-bond acceptors (Lipinski definition) is 5. The van der Waals surface area contributed by atoms with E-state index < -0.39 is 5.60 Å². The Hall–Kier alpha value is -2.74. The number of morpholine rings is 1. The highest BCUT2D eigenvalue weighted by atomic mass is 16.5. The molecular formula is C20H25N5O3. The quantitative estimate of drug-likeness (QED) is 0.781. The summed E-state index contributed by atoms with van der Waals surface area (Å²) >= 11 is 0. The second kappa shape index (κ2) is 8.10. The molecule has 2 amide bonds. The first kappa shape index (κ1) is 18.6. The molecule has 1 aromatic heterocycles. The smallest absolute Gasteiger partial charge is 0.253 e. The molecule has 2 aliphatic heterocycles. The van der Waals surface area contributed by atoms with Gasteiger partial charge in [0.05, 0.1) is 13.1 Å². The minimum absolute atomic E-state index is 0.0342. The van der Waals surface area contributed by atoms with Crippen LogP contribution in [0.15, 0.2) is 43.0 Å². The molecule has 148 valence electrons. The Bertz CT molecular complexity index is 811. The molecule has 1 unspecified atom stereocenters. The number of amides is 2. The maximum Gasteiger partial charge on any atom is 0.253 e. The van der Waals surface area contributed by atoms with E-state index in [1.54, 1.807) is 15.9 Å². The first-order valence-electron chi connectivity index (χ1n) is 9.75. The summed E-state index contributed by atoms with van der Waals surface area (Å²) in [6.07, 6.45) is 6.08. The predicted octanol–water partition coefficient (Wildman–Crippen LogP) is 1.48. The number of benzene rings is 1. The fraction of sp³-hybridized carbons (Fsp3) is 0.500. The van der Waals surface area contributed by atoms with E-state index in [9.17, 15) is 9.59 Å². The van der Waals surface area contributed by atoms with Crippen LogP contribution in [0.2, 0.25) is 0 Å². The molecule has 1 aromatic carbocycles. The van der Waals surface area contributed by atoms with Crippen molar-refractivity contribution in [3.63, 3.8) is 0 Å². The first-order valence-corrected chi connectivity index (χ1v) is 9.75. The topological polar surface area (TPSA) is 80.6 Å². The Morgan fingerprint density at radius 1 is 1.21 bits per heavy atom. The SMILES string of the molecule is O=C(CCCn1cncn1)N1CCCC2(C1)CN(c1ccccc1)C(=O)CO2. The fourth-order valence-corrected chi connectivity index (χ4v) is 4.01. The van der Waals surface area contributed by atoms with Crippen LogP contribution in [-0.2, 0) is 20.9 Å². The Morgan fingerprint density at radius 2 is 2.07 bits per heavy atom. The summed E-state index contributed by atoms with van der Waals surface area (Å²) in [5, 5.41) is 4.06. The Morgan fingerprint density at radius 3 is 2.86 bits per heavy atom. The van der Waals surface area contributed by atoms with Crippen LogP contribution in [0.3, 0.4) is 0 Å². The Labute approximate surface area is 164 Å². The van der Waals surface area contributed by atoms with Crippen LogP contribution < -0.4 is 4.90 Å². The van der Waals surface area contributed by atoms with Crippen molar-refractivity contribution < 1.29 is 14.3 Å². The number of hydrogen-bond donors (Lipinski definition) is 0. The lowest BCUT2D eigenvalue weighted by molar-refractivity contribution is -0.153. The lowest BCUT2D eigenvalue weighted by Crippen LogP contribution is -2.62. The largest absolute Gasteiger partial charge is 0.361 e. The molecule has 8 heteroatoms. The zero-order chi connectivity index (χ0) is 19.4. The van der Waals surface area contributed by atoms with Gasteiger partial charge in [0.25, 0.3) is 5.91 Å². The number of anilines is 1. The molecule has 0 bridgehead atoms. The molecule has 2 aromatic rings. The van der Waals surface area contributed by atoms with Gasteiger partial charge in [0, 0.05) is 25.2 Å². The number of aromatic nitrogens is 3. The van der Waals surface area contributed by atoms with E-state index in [0.29, 0.717) is 26.1 Å². The second-order valence-electron chi connectivity index (χ2n) is 7.47. The molecule has 2 saturated heterocycles. The van der Waals surface area contributed by atoms with Crippen LogP contribution in [-0.4, -0.2) is 63.3 Å². The highest BCUT2D eigenvalue weighted by molar-refractivity contribution is 5.95. The molecule has 0 N–H and O–H groups in total. The summed E-state index contributed by atoms with van der Waals surface area (Å²) in [5.41, 5.74) is 0.398.